The van der Waals surface area contributed by atoms with E-state index in [0.29, 0.717) is 18.2 Å². The molecule has 38 heavy (non-hydrogen) atoms. The standard InChI is InChI=1S/C21H16N4O13/c1-2-14(26)38-7-3-6-37-9-10-8-13(24(33)34)17-18(19(10)25(35)36)21(28)16-12(23(31)32)5-4-11(22(29)30)15(16)20(17)27/h4-5,8H,2-3,6-7,9H2,1H3. The topological polar surface area (TPSA) is 242 Å². The number of carbonyl (C=O) groups is 3. The third-order valence-electron chi connectivity index (χ3n) is 5.44. The fourth-order valence-electron chi connectivity index (χ4n) is 3.85. The maximum Gasteiger partial charge on any atom is 0.305 e. The van der Waals surface area contributed by atoms with E-state index in [2.05, 4.69) is 0 Å². The van der Waals surface area contributed by atoms with Gasteiger partial charge in [-0.05, 0) is 0 Å². The Morgan fingerprint density at radius 3 is 1.74 bits per heavy atom. The van der Waals surface area contributed by atoms with E-state index in [1.165, 1.54) is 0 Å². The average Bonchev–Trinajstić information content (AvgIpc) is 2.86. The number of benzene rings is 2. The molecule has 17 heteroatoms. The molecule has 0 heterocycles. The Labute approximate surface area is 210 Å². The SMILES string of the molecule is CCC(=O)OCCCOCc1cc([N+](=O)[O-])c2c(c1[N+](=O)[O-])C(=O)c1c([N+](=O)[O-])ccc([N+](=O)[O-])c1C2=O. The van der Waals surface area contributed by atoms with Gasteiger partial charge in [-0.1, -0.05) is 6.92 Å². The zero-order valence-corrected chi connectivity index (χ0v) is 19.4. The highest BCUT2D eigenvalue weighted by Crippen LogP contribution is 2.45. The third-order valence-corrected chi connectivity index (χ3v) is 5.44. The fraction of sp³-hybridized carbons (Fsp3) is 0.286. The molecule has 2 aromatic carbocycles. The summed E-state index contributed by atoms with van der Waals surface area (Å²) in [6.07, 6.45) is 0.302. The number of ether oxygens (including phenoxy) is 2. The van der Waals surface area contributed by atoms with Crippen LogP contribution in [-0.2, 0) is 20.9 Å². The van der Waals surface area contributed by atoms with Crippen molar-refractivity contribution in [1.29, 1.82) is 0 Å². The Morgan fingerprint density at radius 1 is 0.763 bits per heavy atom. The van der Waals surface area contributed by atoms with E-state index in [1.54, 1.807) is 6.92 Å². The van der Waals surface area contributed by atoms with Crippen molar-refractivity contribution in [2.75, 3.05) is 13.2 Å². The Morgan fingerprint density at radius 2 is 1.26 bits per heavy atom. The molecule has 0 amide bonds. The van der Waals surface area contributed by atoms with Crippen molar-refractivity contribution < 1.29 is 43.6 Å². The van der Waals surface area contributed by atoms with Crippen LogP contribution in [0.25, 0.3) is 0 Å². The van der Waals surface area contributed by atoms with Gasteiger partial charge in [-0.25, -0.2) is 0 Å². The zero-order valence-electron chi connectivity index (χ0n) is 19.4. The molecule has 0 radical (unpaired) electrons. The summed E-state index contributed by atoms with van der Waals surface area (Å²) in [5.74, 6) is -3.53. The van der Waals surface area contributed by atoms with Crippen LogP contribution in [0, 0.1) is 40.5 Å². The van der Waals surface area contributed by atoms with E-state index in [9.17, 15) is 54.8 Å². The van der Waals surface area contributed by atoms with Crippen molar-refractivity contribution in [3.05, 3.63) is 86.5 Å². The molecule has 0 N–H and O–H groups in total. The summed E-state index contributed by atoms with van der Waals surface area (Å²) in [6, 6.07) is 1.81. The zero-order chi connectivity index (χ0) is 28.3. The van der Waals surface area contributed by atoms with Crippen LogP contribution < -0.4 is 0 Å². The molecule has 1 aliphatic carbocycles. The van der Waals surface area contributed by atoms with Crippen LogP contribution in [0.5, 0.6) is 0 Å². The van der Waals surface area contributed by atoms with E-state index < -0.39 is 94.4 Å². The monoisotopic (exact) mass is 532 g/mol. The molecule has 0 aliphatic heterocycles. The van der Waals surface area contributed by atoms with Crippen LogP contribution in [0.1, 0.15) is 57.2 Å². The first kappa shape index (κ1) is 27.4. The van der Waals surface area contributed by atoms with Crippen molar-refractivity contribution in [2.45, 2.75) is 26.4 Å². The highest BCUT2D eigenvalue weighted by Gasteiger charge is 2.48. The molecule has 0 saturated heterocycles. The van der Waals surface area contributed by atoms with Gasteiger partial charge < -0.3 is 9.47 Å². The molecular formula is C21H16N4O13. The molecule has 0 saturated carbocycles. The van der Waals surface area contributed by atoms with E-state index in [-0.39, 0.29) is 26.1 Å². The first-order valence-electron chi connectivity index (χ1n) is 10.7. The van der Waals surface area contributed by atoms with Crippen LogP contribution in [0.4, 0.5) is 22.7 Å². The number of hydrogen-bond acceptors (Lipinski definition) is 13. The summed E-state index contributed by atoms with van der Waals surface area (Å²) in [7, 11) is 0. The lowest BCUT2D eigenvalue weighted by Crippen LogP contribution is -2.26. The minimum atomic E-state index is -1.53. The maximum atomic E-state index is 13.4. The Balaban J connectivity index is 2.18. The van der Waals surface area contributed by atoms with Crippen LogP contribution in [0.15, 0.2) is 18.2 Å². The van der Waals surface area contributed by atoms with Gasteiger partial charge in [0.1, 0.15) is 22.3 Å². The summed E-state index contributed by atoms with van der Waals surface area (Å²) >= 11 is 0. The summed E-state index contributed by atoms with van der Waals surface area (Å²) in [6.45, 7) is 0.771. The molecule has 0 spiro atoms. The second-order valence-electron chi connectivity index (χ2n) is 7.67. The number of esters is 1. The lowest BCUT2D eigenvalue weighted by molar-refractivity contribution is -0.390. The van der Waals surface area contributed by atoms with Crippen molar-refractivity contribution in [2.24, 2.45) is 0 Å². The molecule has 0 atom stereocenters. The number of hydrogen-bond donors (Lipinski definition) is 0. The first-order valence-corrected chi connectivity index (χ1v) is 10.7. The van der Waals surface area contributed by atoms with Crippen molar-refractivity contribution in [1.82, 2.24) is 0 Å². The molecule has 17 nitrogen and oxygen atoms in total. The number of carbonyl (C=O) groups excluding carboxylic acids is 3. The largest absolute Gasteiger partial charge is 0.466 e. The molecular weight excluding hydrogens is 516 g/mol. The molecule has 0 aromatic heterocycles. The Bertz CT molecular complexity index is 1430. The third kappa shape index (κ3) is 4.89. The lowest BCUT2D eigenvalue weighted by Gasteiger charge is -2.18. The van der Waals surface area contributed by atoms with Gasteiger partial charge in [-0.2, -0.15) is 0 Å². The summed E-state index contributed by atoms with van der Waals surface area (Å²) < 4.78 is 10.1. The Kier molecular flexibility index (Phi) is 7.81. The number of rotatable bonds is 11. The van der Waals surface area contributed by atoms with Gasteiger partial charge in [0, 0.05) is 31.0 Å². The molecule has 2 aromatic rings. The van der Waals surface area contributed by atoms with E-state index in [1.807, 2.05) is 0 Å². The van der Waals surface area contributed by atoms with Crippen molar-refractivity contribution >= 4 is 40.3 Å². The lowest BCUT2D eigenvalue weighted by atomic mass is 9.79. The molecule has 3 rings (SSSR count). The quantitative estimate of drug-likeness (QED) is 0.149. The number of nitro groups is 4. The second kappa shape index (κ2) is 10.8. The molecule has 0 bridgehead atoms. The first-order chi connectivity index (χ1) is 17.9. The highest BCUT2D eigenvalue weighted by molar-refractivity contribution is 6.33. The van der Waals surface area contributed by atoms with Gasteiger partial charge in [-0.3, -0.25) is 54.8 Å². The fourth-order valence-corrected chi connectivity index (χ4v) is 3.85. The minimum absolute atomic E-state index is 0.0364. The van der Waals surface area contributed by atoms with E-state index >= 15 is 0 Å². The van der Waals surface area contributed by atoms with E-state index in [0.717, 1.165) is 0 Å². The molecule has 0 unspecified atom stereocenters. The number of fused-ring (bicyclic) bond motifs is 2. The van der Waals surface area contributed by atoms with Gasteiger partial charge in [-0.15, -0.1) is 0 Å². The second-order valence-corrected chi connectivity index (χ2v) is 7.67. The predicted octanol–water partition coefficient (Wildman–Crippen LogP) is 2.95. The number of ketones is 2. The van der Waals surface area contributed by atoms with Crippen LogP contribution in [0.3, 0.4) is 0 Å². The van der Waals surface area contributed by atoms with Crippen LogP contribution in [0.2, 0.25) is 0 Å². The summed E-state index contributed by atoms with van der Waals surface area (Å²) in [5, 5.41) is 46.9. The van der Waals surface area contributed by atoms with Crippen molar-refractivity contribution in [3.63, 3.8) is 0 Å². The van der Waals surface area contributed by atoms with Gasteiger partial charge >= 0.3 is 5.97 Å². The van der Waals surface area contributed by atoms with Gasteiger partial charge in [0.05, 0.1) is 45.1 Å². The van der Waals surface area contributed by atoms with E-state index in [4.69, 9.17) is 9.47 Å². The average molecular weight is 532 g/mol. The normalized spacial score (nSPS) is 11.9. The highest BCUT2D eigenvalue weighted by atomic mass is 16.6. The predicted molar refractivity (Wildman–Crippen MR) is 122 cm³/mol. The number of nitro benzene ring substituents is 4. The Hall–Kier alpha value is -5.19. The van der Waals surface area contributed by atoms with Gasteiger partial charge in [0.25, 0.3) is 22.7 Å². The maximum absolute atomic E-state index is 13.4. The van der Waals surface area contributed by atoms with Gasteiger partial charge in [0.2, 0.25) is 11.6 Å². The smallest absolute Gasteiger partial charge is 0.305 e. The van der Waals surface area contributed by atoms with Crippen LogP contribution in [-0.4, -0.2) is 50.4 Å². The van der Waals surface area contributed by atoms with Crippen molar-refractivity contribution in [3.8, 4) is 0 Å². The summed E-state index contributed by atoms with van der Waals surface area (Å²) in [5.41, 5.74) is -9.11. The molecule has 1 aliphatic rings. The summed E-state index contributed by atoms with van der Waals surface area (Å²) in [4.78, 5) is 80.3. The molecule has 0 fully saturated rings. The van der Waals surface area contributed by atoms with Crippen LogP contribution >= 0.6 is 0 Å². The molecule has 198 valence electrons. The minimum Gasteiger partial charge on any atom is -0.466 e. The van der Waals surface area contributed by atoms with Gasteiger partial charge in [0.15, 0.2) is 0 Å². The number of nitrogens with zero attached hydrogens (tertiary/aromatic N) is 4.